The Kier molecular flexibility index (Phi) is 6.31. The van der Waals surface area contributed by atoms with E-state index in [0.717, 1.165) is 24.4 Å². The first-order chi connectivity index (χ1) is 7.27. The molecule has 1 aliphatic carbocycles. The van der Waals surface area contributed by atoms with Gasteiger partial charge in [0.2, 0.25) is 0 Å². The summed E-state index contributed by atoms with van der Waals surface area (Å²) in [5, 5.41) is 3.71. The summed E-state index contributed by atoms with van der Waals surface area (Å²) < 4.78 is 0. The molecule has 0 aromatic carbocycles. The Hall–Kier alpha value is -0.0400. The van der Waals surface area contributed by atoms with Gasteiger partial charge in [0.1, 0.15) is 0 Å². The molecule has 0 bridgehead atoms. The molecular weight excluding hydrogens is 182 g/mol. The van der Waals surface area contributed by atoms with Gasteiger partial charge in [-0.3, -0.25) is 0 Å². The summed E-state index contributed by atoms with van der Waals surface area (Å²) in [6, 6.07) is 0.805. The molecule has 1 rings (SSSR count). The van der Waals surface area contributed by atoms with Crippen LogP contribution in [0.3, 0.4) is 0 Å². The van der Waals surface area contributed by atoms with Crippen molar-refractivity contribution in [1.82, 2.24) is 5.32 Å². The van der Waals surface area contributed by atoms with Crippen molar-refractivity contribution >= 4 is 0 Å². The molecule has 1 N–H and O–H groups in total. The van der Waals surface area contributed by atoms with E-state index in [-0.39, 0.29) is 0 Å². The Morgan fingerprint density at radius 1 is 1.20 bits per heavy atom. The molecule has 0 heterocycles. The summed E-state index contributed by atoms with van der Waals surface area (Å²) in [6.45, 7) is 8.10. The number of rotatable bonds is 7. The maximum Gasteiger partial charge on any atom is 0.00977 e. The topological polar surface area (TPSA) is 12.0 Å². The van der Waals surface area contributed by atoms with Gasteiger partial charge in [-0.2, -0.15) is 0 Å². The lowest BCUT2D eigenvalue weighted by atomic mass is 9.88. The monoisotopic (exact) mass is 211 g/mol. The highest BCUT2D eigenvalue weighted by atomic mass is 14.9. The molecule has 0 radical (unpaired) electrons. The summed E-state index contributed by atoms with van der Waals surface area (Å²) in [7, 11) is 0. The van der Waals surface area contributed by atoms with Crippen molar-refractivity contribution in [2.75, 3.05) is 6.54 Å². The van der Waals surface area contributed by atoms with Crippen LogP contribution in [0.2, 0.25) is 0 Å². The van der Waals surface area contributed by atoms with Crippen LogP contribution in [0, 0.1) is 11.8 Å². The number of nitrogens with one attached hydrogen (secondary N) is 1. The van der Waals surface area contributed by atoms with Crippen LogP contribution in [-0.4, -0.2) is 12.6 Å². The lowest BCUT2D eigenvalue weighted by molar-refractivity contribution is 0.297. The molecule has 0 aliphatic heterocycles. The predicted molar refractivity (Wildman–Crippen MR) is 68.1 cm³/mol. The van der Waals surface area contributed by atoms with E-state index in [9.17, 15) is 0 Å². The van der Waals surface area contributed by atoms with Crippen LogP contribution in [0.5, 0.6) is 0 Å². The van der Waals surface area contributed by atoms with Gasteiger partial charge >= 0.3 is 0 Å². The largest absolute Gasteiger partial charge is 0.314 e. The number of hydrogen-bond acceptors (Lipinski definition) is 1. The van der Waals surface area contributed by atoms with Gasteiger partial charge in [0.05, 0.1) is 0 Å². The first-order valence-corrected chi connectivity index (χ1v) is 7.01. The molecule has 90 valence electrons. The van der Waals surface area contributed by atoms with Gasteiger partial charge in [0.15, 0.2) is 0 Å². The molecule has 0 saturated heterocycles. The Morgan fingerprint density at radius 2 is 1.87 bits per heavy atom. The average Bonchev–Trinajstić information content (AvgIpc) is 2.70. The highest BCUT2D eigenvalue weighted by molar-refractivity contribution is 4.81. The van der Waals surface area contributed by atoms with E-state index in [2.05, 4.69) is 26.1 Å². The van der Waals surface area contributed by atoms with Crippen LogP contribution in [0.15, 0.2) is 0 Å². The lowest BCUT2D eigenvalue weighted by Crippen LogP contribution is -2.36. The van der Waals surface area contributed by atoms with E-state index in [1.54, 1.807) is 0 Å². The van der Waals surface area contributed by atoms with Crippen molar-refractivity contribution in [2.24, 2.45) is 11.8 Å². The van der Waals surface area contributed by atoms with Crippen molar-refractivity contribution in [2.45, 2.75) is 71.8 Å². The molecule has 0 amide bonds. The Labute approximate surface area is 96.0 Å². The third-order valence-electron chi connectivity index (χ3n) is 3.87. The average molecular weight is 211 g/mol. The lowest BCUT2D eigenvalue weighted by Gasteiger charge is -2.27. The molecule has 0 spiro atoms. The molecule has 1 heteroatoms. The van der Waals surface area contributed by atoms with Crippen LogP contribution in [0.1, 0.15) is 65.7 Å². The zero-order valence-electron chi connectivity index (χ0n) is 10.9. The van der Waals surface area contributed by atoms with E-state index in [1.165, 1.54) is 44.9 Å². The second-order valence-electron chi connectivity index (χ2n) is 5.34. The molecule has 1 nitrogen and oxygen atoms in total. The van der Waals surface area contributed by atoms with Gasteiger partial charge in [0.25, 0.3) is 0 Å². The molecule has 1 saturated carbocycles. The summed E-state index contributed by atoms with van der Waals surface area (Å²) in [6.07, 6.45) is 10.0. The minimum atomic E-state index is 0.805. The molecular formula is C14H29N. The highest BCUT2D eigenvalue weighted by Gasteiger charge is 2.25. The number of hydrogen-bond donors (Lipinski definition) is 1. The van der Waals surface area contributed by atoms with E-state index in [0.29, 0.717) is 0 Å². The maximum atomic E-state index is 3.71. The van der Waals surface area contributed by atoms with Gasteiger partial charge in [0, 0.05) is 6.04 Å². The van der Waals surface area contributed by atoms with Gasteiger partial charge in [-0.05, 0) is 37.6 Å². The van der Waals surface area contributed by atoms with Crippen LogP contribution in [-0.2, 0) is 0 Å². The van der Waals surface area contributed by atoms with Crippen molar-refractivity contribution in [3.8, 4) is 0 Å². The molecule has 1 fully saturated rings. The van der Waals surface area contributed by atoms with E-state index < -0.39 is 0 Å². The molecule has 2 atom stereocenters. The van der Waals surface area contributed by atoms with Crippen molar-refractivity contribution < 1.29 is 0 Å². The minimum Gasteiger partial charge on any atom is -0.314 e. The second kappa shape index (κ2) is 7.27. The fraction of sp³-hybridized carbons (Fsp3) is 1.00. The third-order valence-corrected chi connectivity index (χ3v) is 3.87. The summed E-state index contributed by atoms with van der Waals surface area (Å²) in [4.78, 5) is 0. The molecule has 0 aromatic rings. The summed E-state index contributed by atoms with van der Waals surface area (Å²) in [5.74, 6) is 1.88. The highest BCUT2D eigenvalue weighted by Crippen LogP contribution is 2.31. The fourth-order valence-electron chi connectivity index (χ4n) is 3.11. The first-order valence-electron chi connectivity index (χ1n) is 7.01. The quantitative estimate of drug-likeness (QED) is 0.671. The van der Waals surface area contributed by atoms with Crippen LogP contribution < -0.4 is 5.32 Å². The van der Waals surface area contributed by atoms with Gasteiger partial charge in [-0.15, -0.1) is 0 Å². The zero-order valence-corrected chi connectivity index (χ0v) is 10.9. The Morgan fingerprint density at radius 3 is 2.40 bits per heavy atom. The van der Waals surface area contributed by atoms with E-state index in [1.807, 2.05) is 0 Å². The van der Waals surface area contributed by atoms with E-state index in [4.69, 9.17) is 0 Å². The first kappa shape index (κ1) is 13.0. The summed E-state index contributed by atoms with van der Waals surface area (Å²) >= 11 is 0. The van der Waals surface area contributed by atoms with Gasteiger partial charge < -0.3 is 5.32 Å². The third kappa shape index (κ3) is 4.55. The standard InChI is InChI=1S/C14H29N/c1-4-8-12(3)11-14(15-5-2)13-9-6-7-10-13/h12-15H,4-11H2,1-3H3. The molecule has 1 aliphatic rings. The molecule has 0 aromatic heterocycles. The van der Waals surface area contributed by atoms with Gasteiger partial charge in [-0.1, -0.05) is 46.5 Å². The fourth-order valence-corrected chi connectivity index (χ4v) is 3.11. The van der Waals surface area contributed by atoms with Crippen LogP contribution >= 0.6 is 0 Å². The minimum absolute atomic E-state index is 0.805. The Bertz CT molecular complexity index is 149. The summed E-state index contributed by atoms with van der Waals surface area (Å²) in [5.41, 5.74) is 0. The van der Waals surface area contributed by atoms with Crippen LogP contribution in [0.4, 0.5) is 0 Å². The predicted octanol–water partition coefficient (Wildman–Crippen LogP) is 3.98. The SMILES string of the molecule is CCCC(C)CC(NCC)C1CCCC1. The van der Waals surface area contributed by atoms with Crippen molar-refractivity contribution in [3.63, 3.8) is 0 Å². The molecule has 2 unspecified atom stereocenters. The van der Waals surface area contributed by atoms with E-state index >= 15 is 0 Å². The maximum absolute atomic E-state index is 3.71. The smallest absolute Gasteiger partial charge is 0.00977 e. The molecule has 15 heavy (non-hydrogen) atoms. The Balaban J connectivity index is 2.34. The van der Waals surface area contributed by atoms with Crippen molar-refractivity contribution in [3.05, 3.63) is 0 Å². The van der Waals surface area contributed by atoms with Crippen molar-refractivity contribution in [1.29, 1.82) is 0 Å². The normalized spacial score (nSPS) is 21.8. The van der Waals surface area contributed by atoms with Gasteiger partial charge in [-0.25, -0.2) is 0 Å². The van der Waals surface area contributed by atoms with Crippen LogP contribution in [0.25, 0.3) is 0 Å². The zero-order chi connectivity index (χ0) is 11.1. The second-order valence-corrected chi connectivity index (χ2v) is 5.34.